The molecule has 0 bridgehead atoms. The average Bonchev–Trinajstić information content (AvgIpc) is 2.66. The molecule has 1 aliphatic heterocycles. The van der Waals surface area contributed by atoms with Crippen LogP contribution in [0.15, 0.2) is 24.3 Å². The van der Waals surface area contributed by atoms with Crippen molar-refractivity contribution in [2.45, 2.75) is 5.92 Å². The Morgan fingerprint density at radius 2 is 2.07 bits per heavy atom. The fraction of sp³-hybridized carbons (Fsp3) is 0.455. The van der Waals surface area contributed by atoms with E-state index in [2.05, 4.69) is 5.32 Å². The summed E-state index contributed by atoms with van der Waals surface area (Å²) in [6, 6.07) is 7.36. The lowest BCUT2D eigenvalue weighted by Gasteiger charge is -2.17. The van der Waals surface area contributed by atoms with Crippen molar-refractivity contribution in [1.29, 1.82) is 0 Å². The van der Waals surface area contributed by atoms with Gasteiger partial charge in [0, 0.05) is 31.5 Å². The van der Waals surface area contributed by atoms with Gasteiger partial charge in [-0.2, -0.15) is 0 Å². The Kier molecular flexibility index (Phi) is 2.70. The second kappa shape index (κ2) is 3.98. The Balaban J connectivity index is 2.26. The van der Waals surface area contributed by atoms with Crippen molar-refractivity contribution in [3.8, 4) is 5.75 Å². The van der Waals surface area contributed by atoms with Gasteiger partial charge in [-0.15, -0.1) is 0 Å². The molecule has 3 heteroatoms. The highest BCUT2D eigenvalue weighted by atomic mass is 16.3. The molecule has 1 fully saturated rings. The second-order valence-corrected chi connectivity index (χ2v) is 3.77. The van der Waals surface area contributed by atoms with Crippen LogP contribution >= 0.6 is 0 Å². The molecule has 0 aliphatic carbocycles. The van der Waals surface area contributed by atoms with Crippen molar-refractivity contribution >= 4 is 0 Å². The van der Waals surface area contributed by atoms with Crippen molar-refractivity contribution in [3.05, 3.63) is 29.8 Å². The van der Waals surface area contributed by atoms with Crippen molar-refractivity contribution < 1.29 is 10.2 Å². The summed E-state index contributed by atoms with van der Waals surface area (Å²) in [5.74, 6) is 0.796. The van der Waals surface area contributed by atoms with Crippen molar-refractivity contribution in [3.63, 3.8) is 0 Å². The number of para-hydroxylation sites is 1. The van der Waals surface area contributed by atoms with Crippen LogP contribution in [0, 0.1) is 5.92 Å². The number of hydrogen-bond donors (Lipinski definition) is 3. The molecular weight excluding hydrogens is 178 g/mol. The minimum absolute atomic E-state index is 0.173. The quantitative estimate of drug-likeness (QED) is 0.647. The maximum atomic E-state index is 9.67. The molecule has 3 nitrogen and oxygen atoms in total. The molecule has 0 saturated carbocycles. The van der Waals surface area contributed by atoms with Crippen LogP contribution in [0.5, 0.6) is 5.75 Å². The normalized spacial score (nSPS) is 26.6. The van der Waals surface area contributed by atoms with Gasteiger partial charge in [-0.3, -0.25) is 0 Å². The van der Waals surface area contributed by atoms with Crippen LogP contribution in [0.4, 0.5) is 0 Å². The molecule has 14 heavy (non-hydrogen) atoms. The van der Waals surface area contributed by atoms with Crippen LogP contribution in [-0.2, 0) is 0 Å². The van der Waals surface area contributed by atoms with Crippen LogP contribution in [0.1, 0.15) is 11.5 Å². The molecule has 2 unspecified atom stereocenters. The summed E-state index contributed by atoms with van der Waals surface area (Å²) < 4.78 is 0. The molecule has 76 valence electrons. The van der Waals surface area contributed by atoms with Crippen LogP contribution in [0.25, 0.3) is 0 Å². The molecule has 2 atom stereocenters. The molecule has 1 saturated heterocycles. The molecule has 0 radical (unpaired) electrons. The molecule has 1 heterocycles. The van der Waals surface area contributed by atoms with Gasteiger partial charge in [-0.05, 0) is 11.6 Å². The van der Waals surface area contributed by atoms with Gasteiger partial charge >= 0.3 is 0 Å². The highest BCUT2D eigenvalue weighted by Crippen LogP contribution is 2.33. The number of aliphatic hydroxyl groups is 1. The summed E-state index contributed by atoms with van der Waals surface area (Å²) in [6.45, 7) is 1.84. The van der Waals surface area contributed by atoms with Gasteiger partial charge in [0.1, 0.15) is 5.75 Å². The Bertz CT molecular complexity index is 314. The van der Waals surface area contributed by atoms with Gasteiger partial charge in [0.2, 0.25) is 0 Å². The number of aliphatic hydroxyl groups excluding tert-OH is 1. The maximum Gasteiger partial charge on any atom is 0.119 e. The van der Waals surface area contributed by atoms with Crippen LogP contribution in [-0.4, -0.2) is 29.9 Å². The van der Waals surface area contributed by atoms with E-state index in [1.54, 1.807) is 6.07 Å². The van der Waals surface area contributed by atoms with E-state index < -0.39 is 0 Å². The minimum atomic E-state index is 0.173. The Hall–Kier alpha value is -1.06. The zero-order valence-electron chi connectivity index (χ0n) is 7.98. The SMILES string of the molecule is OCC1CNCC1c1ccccc1O. The Morgan fingerprint density at radius 3 is 2.79 bits per heavy atom. The van der Waals surface area contributed by atoms with E-state index in [1.807, 2.05) is 18.2 Å². The molecule has 0 aromatic heterocycles. The molecule has 1 aromatic carbocycles. The number of rotatable bonds is 2. The third-order valence-electron chi connectivity index (χ3n) is 2.91. The number of phenolic OH excluding ortho intramolecular Hbond substituents is 1. The van der Waals surface area contributed by atoms with Crippen LogP contribution in [0.2, 0.25) is 0 Å². The Morgan fingerprint density at radius 1 is 1.29 bits per heavy atom. The molecule has 3 N–H and O–H groups in total. The van der Waals surface area contributed by atoms with Crippen molar-refractivity contribution in [2.75, 3.05) is 19.7 Å². The molecule has 2 rings (SSSR count). The van der Waals surface area contributed by atoms with Gasteiger partial charge in [0.15, 0.2) is 0 Å². The molecule has 0 amide bonds. The topological polar surface area (TPSA) is 52.5 Å². The largest absolute Gasteiger partial charge is 0.508 e. The van der Waals surface area contributed by atoms with E-state index in [0.717, 1.165) is 18.7 Å². The zero-order chi connectivity index (χ0) is 9.97. The zero-order valence-corrected chi connectivity index (χ0v) is 7.98. The summed E-state index contributed by atoms with van der Waals surface area (Å²) in [5, 5.41) is 22.1. The van der Waals surface area contributed by atoms with E-state index in [1.165, 1.54) is 0 Å². The third-order valence-corrected chi connectivity index (χ3v) is 2.91. The van der Waals surface area contributed by atoms with Gasteiger partial charge < -0.3 is 15.5 Å². The predicted molar refractivity (Wildman–Crippen MR) is 54.3 cm³/mol. The first-order chi connectivity index (χ1) is 6.83. The monoisotopic (exact) mass is 193 g/mol. The molecule has 1 aromatic rings. The first-order valence-electron chi connectivity index (χ1n) is 4.92. The first kappa shape index (κ1) is 9.49. The number of phenols is 1. The highest BCUT2D eigenvalue weighted by Gasteiger charge is 2.29. The van der Waals surface area contributed by atoms with E-state index in [4.69, 9.17) is 5.11 Å². The van der Waals surface area contributed by atoms with E-state index >= 15 is 0 Å². The second-order valence-electron chi connectivity index (χ2n) is 3.77. The fourth-order valence-corrected chi connectivity index (χ4v) is 2.09. The first-order valence-corrected chi connectivity index (χ1v) is 4.92. The number of nitrogens with one attached hydrogen (secondary N) is 1. The summed E-state index contributed by atoms with van der Waals surface area (Å²) in [4.78, 5) is 0. The lowest BCUT2D eigenvalue weighted by Crippen LogP contribution is -2.14. The third kappa shape index (κ3) is 1.61. The average molecular weight is 193 g/mol. The minimum Gasteiger partial charge on any atom is -0.508 e. The standard InChI is InChI=1S/C11H15NO2/c13-7-8-5-12-6-10(8)9-3-1-2-4-11(9)14/h1-4,8,10,12-14H,5-7H2. The summed E-state index contributed by atoms with van der Waals surface area (Å²) in [5.41, 5.74) is 0.941. The van der Waals surface area contributed by atoms with Crippen molar-refractivity contribution in [2.24, 2.45) is 5.92 Å². The van der Waals surface area contributed by atoms with Gasteiger partial charge in [0.05, 0.1) is 0 Å². The van der Waals surface area contributed by atoms with Gasteiger partial charge in [-0.25, -0.2) is 0 Å². The fourth-order valence-electron chi connectivity index (χ4n) is 2.09. The van der Waals surface area contributed by atoms with Crippen LogP contribution in [0.3, 0.4) is 0 Å². The Labute approximate surface area is 83.4 Å². The number of aromatic hydroxyl groups is 1. The van der Waals surface area contributed by atoms with Gasteiger partial charge in [0.25, 0.3) is 0 Å². The van der Waals surface area contributed by atoms with Gasteiger partial charge in [-0.1, -0.05) is 18.2 Å². The number of hydrogen-bond acceptors (Lipinski definition) is 3. The van der Waals surface area contributed by atoms with E-state index in [-0.39, 0.29) is 18.4 Å². The molecule has 0 spiro atoms. The number of benzene rings is 1. The van der Waals surface area contributed by atoms with Crippen molar-refractivity contribution in [1.82, 2.24) is 5.32 Å². The van der Waals surface area contributed by atoms with Crippen LogP contribution < -0.4 is 5.32 Å². The molecular formula is C11H15NO2. The predicted octanol–water partition coefficient (Wildman–Crippen LogP) is 0.687. The lowest BCUT2D eigenvalue weighted by molar-refractivity contribution is 0.225. The van der Waals surface area contributed by atoms with E-state index in [0.29, 0.717) is 5.75 Å². The highest BCUT2D eigenvalue weighted by molar-refractivity contribution is 5.36. The summed E-state index contributed by atoms with van der Waals surface area (Å²) in [6.07, 6.45) is 0. The summed E-state index contributed by atoms with van der Waals surface area (Å²) in [7, 11) is 0. The smallest absolute Gasteiger partial charge is 0.119 e. The lowest BCUT2D eigenvalue weighted by atomic mass is 9.89. The molecule has 1 aliphatic rings. The summed E-state index contributed by atoms with van der Waals surface area (Å²) >= 11 is 0. The van der Waals surface area contributed by atoms with E-state index in [9.17, 15) is 5.11 Å². The maximum absolute atomic E-state index is 9.67.